The molecule has 60 heavy (non-hydrogen) atoms. The predicted molar refractivity (Wildman–Crippen MR) is 234 cm³/mol. The van der Waals surface area contributed by atoms with E-state index < -0.39 is 42.1 Å². The quantitative estimate of drug-likeness (QED) is 0.0685. The number of piperidine rings is 1. The summed E-state index contributed by atoms with van der Waals surface area (Å²) >= 11 is 1.37. The molecule has 1 aliphatic rings. The zero-order chi connectivity index (χ0) is 42.3. The van der Waals surface area contributed by atoms with E-state index in [1.807, 2.05) is 105 Å². The van der Waals surface area contributed by atoms with Gasteiger partial charge in [0.1, 0.15) is 18.7 Å². The zero-order valence-electron chi connectivity index (χ0n) is 34.3. The van der Waals surface area contributed by atoms with Gasteiger partial charge in [-0.05, 0) is 52.6 Å². The molecule has 0 radical (unpaired) electrons. The Morgan fingerprint density at radius 1 is 0.800 bits per heavy atom. The van der Waals surface area contributed by atoms with Crippen LogP contribution in [0.1, 0.15) is 61.9 Å². The van der Waals surface area contributed by atoms with Gasteiger partial charge in [-0.2, -0.15) is 0 Å². The summed E-state index contributed by atoms with van der Waals surface area (Å²) in [4.78, 5) is 61.8. The van der Waals surface area contributed by atoms with E-state index in [-0.39, 0.29) is 43.7 Å². The van der Waals surface area contributed by atoms with Crippen LogP contribution in [0.4, 0.5) is 4.79 Å². The number of carbonyl (C=O) groups is 4. The molecular formula is C47H56N6O6S. The van der Waals surface area contributed by atoms with Crippen LogP contribution in [0.15, 0.2) is 114 Å². The van der Waals surface area contributed by atoms with Crippen LogP contribution in [0.5, 0.6) is 0 Å². The van der Waals surface area contributed by atoms with Gasteiger partial charge in [0.25, 0.3) is 0 Å². The number of nitrogens with zero attached hydrogens (tertiary/aromatic N) is 2. The van der Waals surface area contributed by atoms with E-state index in [4.69, 9.17) is 4.74 Å². The van der Waals surface area contributed by atoms with Crippen molar-refractivity contribution in [3.05, 3.63) is 136 Å². The van der Waals surface area contributed by atoms with E-state index in [9.17, 15) is 24.3 Å². The summed E-state index contributed by atoms with van der Waals surface area (Å²) in [6.45, 7) is 6.54. The minimum absolute atomic E-state index is 0.00128. The number of ether oxygens (including phenoxy) is 1. The summed E-state index contributed by atoms with van der Waals surface area (Å²) in [5.74, 6) is -1.33. The Kier molecular flexibility index (Phi) is 16.2. The van der Waals surface area contributed by atoms with Gasteiger partial charge in [0.15, 0.2) is 0 Å². The van der Waals surface area contributed by atoms with Crippen molar-refractivity contribution >= 4 is 45.9 Å². The van der Waals surface area contributed by atoms with Crippen LogP contribution >= 0.6 is 11.3 Å². The van der Waals surface area contributed by atoms with Crippen molar-refractivity contribution in [1.82, 2.24) is 31.2 Å². The highest BCUT2D eigenvalue weighted by Crippen LogP contribution is 2.21. The average molecular weight is 833 g/mol. The van der Waals surface area contributed by atoms with Crippen molar-refractivity contribution in [2.75, 3.05) is 13.1 Å². The van der Waals surface area contributed by atoms with E-state index in [2.05, 4.69) is 43.3 Å². The molecule has 2 heterocycles. The molecule has 13 heteroatoms. The normalized spacial score (nSPS) is 15.4. The van der Waals surface area contributed by atoms with E-state index in [1.54, 1.807) is 10.9 Å². The number of alkyl carbamates (subject to hydrolysis) is 1. The van der Waals surface area contributed by atoms with Crippen molar-refractivity contribution in [3.63, 3.8) is 0 Å². The number of aromatic nitrogens is 1. The SMILES string of the molecule is CC(C)C[C@H](NC(=O)C(Cc1cscn1)NC(=O)[C@H](Cc1cccc2ccccc12)NC(=O)OCc1ccccc1)[C@@H](O)CC(=O)NC1CCN(Cc2ccccc2)CC1. The second kappa shape index (κ2) is 22.1. The van der Waals surface area contributed by atoms with Crippen molar-refractivity contribution in [1.29, 1.82) is 0 Å². The second-order valence-corrected chi connectivity index (χ2v) is 16.7. The van der Waals surface area contributed by atoms with Gasteiger partial charge in [0.2, 0.25) is 17.7 Å². The molecule has 1 aromatic heterocycles. The molecule has 12 nitrogen and oxygen atoms in total. The van der Waals surface area contributed by atoms with Crippen molar-refractivity contribution in [2.24, 2.45) is 5.92 Å². The maximum absolute atomic E-state index is 14.3. The fourth-order valence-corrected chi connectivity index (χ4v) is 8.21. The minimum Gasteiger partial charge on any atom is -0.445 e. The first-order chi connectivity index (χ1) is 29.1. The van der Waals surface area contributed by atoms with Crippen LogP contribution in [0.3, 0.4) is 0 Å². The third-order valence-corrected chi connectivity index (χ3v) is 11.4. The average Bonchev–Trinajstić information content (AvgIpc) is 3.77. The number of hydrogen-bond donors (Lipinski definition) is 5. The Hall–Kier alpha value is -5.63. The third-order valence-electron chi connectivity index (χ3n) is 10.8. The standard InChI is InChI=1S/C47H56N6O6S/c1-32(2)24-40(43(54)27-44(55)49-37-20-22-53(23-21-37)28-33-12-5-3-6-13-33)50-46(57)42(26-38-30-60-31-48-38)51-45(56)41(52-47(58)59-29-34-14-7-4-8-15-34)25-36-18-11-17-35-16-9-10-19-39(35)36/h3-19,30-32,37,40-43,54H,20-29H2,1-2H3,(H,49,55)(H,50,57)(H,51,56)(H,52,58)/t40-,41-,42?,43-/m0/s1. The van der Waals surface area contributed by atoms with Gasteiger partial charge >= 0.3 is 6.09 Å². The van der Waals surface area contributed by atoms with E-state index in [1.165, 1.54) is 16.9 Å². The molecule has 1 fully saturated rings. The maximum Gasteiger partial charge on any atom is 0.408 e. The first kappa shape index (κ1) is 43.9. The molecule has 0 aliphatic carbocycles. The lowest BCUT2D eigenvalue weighted by Crippen LogP contribution is -2.57. The summed E-state index contributed by atoms with van der Waals surface area (Å²) in [5, 5.41) is 26.9. The maximum atomic E-state index is 14.3. The molecule has 4 aromatic carbocycles. The number of fused-ring (bicyclic) bond motifs is 1. The van der Waals surface area contributed by atoms with E-state index in [0.717, 1.165) is 54.4 Å². The van der Waals surface area contributed by atoms with Crippen molar-refractivity contribution < 1.29 is 29.0 Å². The zero-order valence-corrected chi connectivity index (χ0v) is 35.1. The van der Waals surface area contributed by atoms with Crippen LogP contribution in [-0.2, 0) is 45.1 Å². The fourth-order valence-electron chi connectivity index (χ4n) is 7.64. The van der Waals surface area contributed by atoms with Crippen molar-refractivity contribution in [3.8, 4) is 0 Å². The fraction of sp³-hybridized carbons (Fsp3) is 0.383. The monoisotopic (exact) mass is 832 g/mol. The number of nitrogens with one attached hydrogen (secondary N) is 4. The number of aliphatic hydroxyl groups is 1. The van der Waals surface area contributed by atoms with Gasteiger partial charge in [-0.25, -0.2) is 9.78 Å². The lowest BCUT2D eigenvalue weighted by Gasteiger charge is -2.33. The highest BCUT2D eigenvalue weighted by atomic mass is 32.1. The van der Waals surface area contributed by atoms with Gasteiger partial charge in [-0.15, -0.1) is 11.3 Å². The molecular weight excluding hydrogens is 777 g/mol. The summed E-state index contributed by atoms with van der Waals surface area (Å²) in [7, 11) is 0. The first-order valence-corrected chi connectivity index (χ1v) is 21.7. The minimum atomic E-state index is -1.18. The van der Waals surface area contributed by atoms with Crippen LogP contribution in [0.2, 0.25) is 0 Å². The summed E-state index contributed by atoms with van der Waals surface area (Å²) in [6, 6.07) is 30.1. The smallest absolute Gasteiger partial charge is 0.408 e. The lowest BCUT2D eigenvalue weighted by molar-refractivity contribution is -0.131. The summed E-state index contributed by atoms with van der Waals surface area (Å²) < 4.78 is 5.51. The molecule has 1 unspecified atom stereocenters. The van der Waals surface area contributed by atoms with Gasteiger partial charge in [0, 0.05) is 43.9 Å². The molecule has 5 N–H and O–H groups in total. The van der Waals surface area contributed by atoms with Crippen LogP contribution in [-0.4, -0.2) is 82.2 Å². The number of hydrogen-bond acceptors (Lipinski definition) is 9. The van der Waals surface area contributed by atoms with Crippen molar-refractivity contribution in [2.45, 2.75) is 95.8 Å². The Morgan fingerprint density at radius 2 is 1.45 bits per heavy atom. The molecule has 316 valence electrons. The van der Waals surface area contributed by atoms with E-state index >= 15 is 0 Å². The number of likely N-dealkylation sites (tertiary alicyclic amines) is 1. The van der Waals surface area contributed by atoms with E-state index in [0.29, 0.717) is 12.1 Å². The second-order valence-electron chi connectivity index (χ2n) is 16.0. The van der Waals surface area contributed by atoms with Gasteiger partial charge in [-0.1, -0.05) is 117 Å². The molecule has 0 saturated carbocycles. The van der Waals surface area contributed by atoms with Gasteiger partial charge in [-0.3, -0.25) is 19.3 Å². The van der Waals surface area contributed by atoms with Crippen LogP contribution in [0.25, 0.3) is 10.8 Å². The Balaban J connectivity index is 1.12. The number of thiazole rings is 1. The Labute approximate surface area is 356 Å². The highest BCUT2D eigenvalue weighted by molar-refractivity contribution is 7.07. The molecule has 5 aromatic rings. The van der Waals surface area contributed by atoms with Crippen LogP contribution in [0, 0.1) is 5.92 Å². The largest absolute Gasteiger partial charge is 0.445 e. The molecule has 4 amide bonds. The number of carbonyl (C=O) groups excluding carboxylic acids is 4. The summed E-state index contributed by atoms with van der Waals surface area (Å²) in [5.41, 5.74) is 5.12. The highest BCUT2D eigenvalue weighted by Gasteiger charge is 2.32. The third kappa shape index (κ3) is 13.4. The number of benzene rings is 4. The molecule has 1 saturated heterocycles. The molecule has 1 aliphatic heterocycles. The molecule has 6 rings (SSSR count). The first-order valence-electron chi connectivity index (χ1n) is 20.7. The molecule has 0 bridgehead atoms. The summed E-state index contributed by atoms with van der Waals surface area (Å²) in [6.07, 6.45) is 0.0466. The van der Waals surface area contributed by atoms with Gasteiger partial charge < -0.3 is 31.1 Å². The topological polar surface area (TPSA) is 162 Å². The molecule has 4 atom stereocenters. The van der Waals surface area contributed by atoms with Crippen LogP contribution < -0.4 is 21.3 Å². The number of aliphatic hydroxyl groups excluding tert-OH is 1. The number of amides is 4. The predicted octanol–water partition coefficient (Wildman–Crippen LogP) is 5.92. The Bertz CT molecular complexity index is 2120. The Morgan fingerprint density at radius 3 is 2.15 bits per heavy atom. The number of rotatable bonds is 19. The van der Waals surface area contributed by atoms with Gasteiger partial charge in [0.05, 0.1) is 29.8 Å². The lowest BCUT2D eigenvalue weighted by atomic mass is 9.95. The molecule has 0 spiro atoms.